The van der Waals surface area contributed by atoms with E-state index in [1.165, 1.54) is 4.57 Å². The molecule has 132 valence electrons. The number of rotatable bonds is 1. The first-order valence-corrected chi connectivity index (χ1v) is 9.84. The summed E-state index contributed by atoms with van der Waals surface area (Å²) >= 11 is 0. The van der Waals surface area contributed by atoms with Gasteiger partial charge in [-0.25, -0.2) is 23.5 Å². The molecule has 8 atom stereocenters. The summed E-state index contributed by atoms with van der Waals surface area (Å²) < 4.78 is 11.0. The molecule has 2 unspecified atom stereocenters. The molecule has 6 heteroatoms. The van der Waals surface area contributed by atoms with Gasteiger partial charge in [-0.15, -0.1) is 0 Å². The van der Waals surface area contributed by atoms with E-state index in [9.17, 15) is 9.59 Å². The molecular formula is C20H19N3O3. The Hall–Kier alpha value is -2.08. The van der Waals surface area contributed by atoms with E-state index in [0.29, 0.717) is 17.5 Å². The van der Waals surface area contributed by atoms with Crippen LogP contribution in [0.15, 0.2) is 39.9 Å². The van der Waals surface area contributed by atoms with Crippen molar-refractivity contribution in [2.45, 2.75) is 24.9 Å². The molecule has 1 aromatic carbocycles. The third-order valence-electron chi connectivity index (χ3n) is 9.12. The Morgan fingerprint density at radius 3 is 2.00 bits per heavy atom. The largest absolute Gasteiger partial charge is 0.381 e. The number of hydrogen-bond donors (Lipinski definition) is 0. The summed E-state index contributed by atoms with van der Waals surface area (Å²) in [6, 6.07) is 9.83. The van der Waals surface area contributed by atoms with Crippen LogP contribution in [0.2, 0.25) is 0 Å². The molecular weight excluding hydrogens is 330 g/mol. The van der Waals surface area contributed by atoms with Crippen molar-refractivity contribution in [3.05, 3.63) is 51.3 Å². The molecule has 3 aliphatic heterocycles. The molecule has 4 heterocycles. The lowest BCUT2D eigenvalue weighted by atomic mass is 9.69. The van der Waals surface area contributed by atoms with Gasteiger partial charge in [0.1, 0.15) is 0 Å². The topological polar surface area (TPSA) is 58.2 Å². The molecule has 2 spiro atoms. The predicted octanol–water partition coefficient (Wildman–Crippen LogP) is 1.20. The fraction of sp³-hybridized carbons (Fsp3) is 0.600. The summed E-state index contributed by atoms with van der Waals surface area (Å²) in [5.41, 5.74) is 0.876. The zero-order valence-corrected chi connectivity index (χ0v) is 14.2. The van der Waals surface area contributed by atoms with Crippen LogP contribution in [0.3, 0.4) is 0 Å². The van der Waals surface area contributed by atoms with Crippen LogP contribution in [0, 0.1) is 34.5 Å². The first kappa shape index (κ1) is 13.1. The molecule has 7 aliphatic rings. The summed E-state index contributed by atoms with van der Waals surface area (Å²) in [5.74, 6) is 2.77. The average Bonchev–Trinajstić information content (AvgIpc) is 3.42. The van der Waals surface area contributed by atoms with Crippen LogP contribution in [-0.4, -0.2) is 27.1 Å². The van der Waals surface area contributed by atoms with Crippen molar-refractivity contribution in [3.63, 3.8) is 0 Å². The molecule has 2 bridgehead atoms. The van der Waals surface area contributed by atoms with Crippen molar-refractivity contribution >= 4 is 0 Å². The molecule has 0 amide bonds. The van der Waals surface area contributed by atoms with Crippen LogP contribution < -0.4 is 11.4 Å². The molecule has 9 rings (SSSR count). The van der Waals surface area contributed by atoms with E-state index < -0.39 is 0 Å². The fourth-order valence-corrected chi connectivity index (χ4v) is 8.84. The molecule has 4 saturated carbocycles. The van der Waals surface area contributed by atoms with Gasteiger partial charge in [0.15, 0.2) is 0 Å². The van der Waals surface area contributed by atoms with Gasteiger partial charge in [0.05, 0.1) is 17.8 Å². The number of para-hydroxylation sites is 1. The fourth-order valence-electron chi connectivity index (χ4n) is 8.84. The number of nitrogens with zero attached hydrogens (tertiary/aromatic N) is 3. The normalized spacial score (nSPS) is 50.2. The summed E-state index contributed by atoms with van der Waals surface area (Å²) in [5, 5.41) is 0. The highest BCUT2D eigenvalue weighted by molar-refractivity contribution is 5.49. The van der Waals surface area contributed by atoms with Crippen molar-refractivity contribution in [1.82, 2.24) is 13.9 Å². The minimum Gasteiger partial charge on any atom is -0.381 e. The highest BCUT2D eigenvalue weighted by Gasteiger charge is 3.02. The zero-order chi connectivity index (χ0) is 17.0. The lowest BCUT2D eigenvalue weighted by Crippen LogP contribution is -2.52. The Morgan fingerprint density at radius 1 is 0.846 bits per heavy atom. The van der Waals surface area contributed by atoms with E-state index in [4.69, 9.17) is 4.74 Å². The summed E-state index contributed by atoms with van der Waals surface area (Å²) in [6.07, 6.45) is 2.13. The van der Waals surface area contributed by atoms with E-state index >= 15 is 0 Å². The van der Waals surface area contributed by atoms with Crippen LogP contribution in [0.5, 0.6) is 0 Å². The molecule has 2 aromatic rings. The van der Waals surface area contributed by atoms with Gasteiger partial charge in [-0.1, -0.05) is 18.2 Å². The van der Waals surface area contributed by atoms with E-state index in [2.05, 4.69) is 0 Å². The number of benzene rings is 1. The standard InChI is InChI=1S/C20H19N3O3/c24-17-21(10-4-2-1-3-5-10)18(25)23-16-13-11-12(13)15(22(17)23)19-6-8-26-9-7-20(16,19)14(11)19/h1-5,11-16H,6-9H2/t11?,12-,13+,14?,15-,16-,19+,20-/m1/s1. The highest BCUT2D eigenvalue weighted by atomic mass is 16.5. The predicted molar refractivity (Wildman–Crippen MR) is 91.2 cm³/mol. The van der Waals surface area contributed by atoms with Crippen LogP contribution in [0.1, 0.15) is 24.9 Å². The monoisotopic (exact) mass is 349 g/mol. The van der Waals surface area contributed by atoms with Crippen LogP contribution in [0.25, 0.3) is 5.69 Å². The number of hydrogen-bond acceptors (Lipinski definition) is 3. The third kappa shape index (κ3) is 0.942. The summed E-state index contributed by atoms with van der Waals surface area (Å²) in [6.45, 7) is 1.62. The van der Waals surface area contributed by atoms with Crippen LogP contribution >= 0.6 is 0 Å². The van der Waals surface area contributed by atoms with Crippen molar-refractivity contribution in [3.8, 4) is 5.69 Å². The van der Waals surface area contributed by atoms with Gasteiger partial charge in [0.2, 0.25) is 0 Å². The minimum atomic E-state index is -0.138. The van der Waals surface area contributed by atoms with Crippen molar-refractivity contribution < 1.29 is 4.74 Å². The van der Waals surface area contributed by atoms with E-state index in [1.807, 2.05) is 39.7 Å². The highest BCUT2D eigenvalue weighted by Crippen LogP contribution is 3.03. The molecule has 0 radical (unpaired) electrons. The lowest BCUT2D eigenvalue weighted by Gasteiger charge is -2.47. The SMILES string of the molecule is O=c1n(-c2ccccc2)c(=O)n2n1[C@@H]1[C@@H]3C4C5[C@@]16CCOCC[C@]56[C@H]2[C@@H]43. The molecule has 1 saturated heterocycles. The summed E-state index contributed by atoms with van der Waals surface area (Å²) in [7, 11) is 0. The second-order valence-electron chi connectivity index (χ2n) is 9.22. The third-order valence-corrected chi connectivity index (χ3v) is 9.12. The number of ether oxygens (including phenoxy) is 1. The molecule has 1 aromatic heterocycles. The van der Waals surface area contributed by atoms with Gasteiger partial charge in [0.25, 0.3) is 0 Å². The first-order chi connectivity index (χ1) is 12.7. The maximum Gasteiger partial charge on any atom is 0.352 e. The molecule has 6 nitrogen and oxygen atoms in total. The van der Waals surface area contributed by atoms with Crippen LogP contribution in [0.4, 0.5) is 0 Å². The Morgan fingerprint density at radius 2 is 1.42 bits per heavy atom. The lowest BCUT2D eigenvalue weighted by molar-refractivity contribution is -0.00192. The van der Waals surface area contributed by atoms with Crippen molar-refractivity contribution in [1.29, 1.82) is 0 Å². The molecule has 5 fully saturated rings. The van der Waals surface area contributed by atoms with Gasteiger partial charge < -0.3 is 4.74 Å². The van der Waals surface area contributed by atoms with E-state index in [0.717, 1.165) is 37.9 Å². The zero-order valence-electron chi connectivity index (χ0n) is 14.2. The quantitative estimate of drug-likeness (QED) is 0.777. The van der Waals surface area contributed by atoms with Crippen molar-refractivity contribution in [2.75, 3.05) is 13.2 Å². The second-order valence-corrected chi connectivity index (χ2v) is 9.22. The first-order valence-electron chi connectivity index (χ1n) is 9.84. The van der Waals surface area contributed by atoms with Gasteiger partial charge in [-0.05, 0) is 48.6 Å². The maximum atomic E-state index is 13.4. The molecule has 26 heavy (non-hydrogen) atoms. The van der Waals surface area contributed by atoms with Gasteiger partial charge in [0, 0.05) is 24.0 Å². The Bertz CT molecular complexity index is 1060. The van der Waals surface area contributed by atoms with Gasteiger partial charge in [-0.2, -0.15) is 0 Å². The molecule has 4 aliphatic carbocycles. The average molecular weight is 349 g/mol. The van der Waals surface area contributed by atoms with Gasteiger partial charge >= 0.3 is 11.4 Å². The Balaban J connectivity index is 1.45. The number of aromatic nitrogens is 3. The van der Waals surface area contributed by atoms with Crippen molar-refractivity contribution in [2.24, 2.45) is 34.5 Å². The minimum absolute atomic E-state index is 0.138. The molecule has 0 N–H and O–H groups in total. The Kier molecular flexibility index (Phi) is 1.78. The van der Waals surface area contributed by atoms with Crippen LogP contribution in [-0.2, 0) is 4.74 Å². The second kappa shape index (κ2) is 3.52. The van der Waals surface area contributed by atoms with Gasteiger partial charge in [-0.3, -0.25) is 0 Å². The maximum absolute atomic E-state index is 13.4. The van der Waals surface area contributed by atoms with E-state index in [-0.39, 0.29) is 34.3 Å². The smallest absolute Gasteiger partial charge is 0.352 e. The Labute approximate surface area is 149 Å². The van der Waals surface area contributed by atoms with E-state index in [1.54, 1.807) is 0 Å². The summed E-state index contributed by atoms with van der Waals surface area (Å²) in [4.78, 5) is 26.8.